The zero-order valence-corrected chi connectivity index (χ0v) is 14.1. The number of amides is 2. The van der Waals surface area contributed by atoms with E-state index in [9.17, 15) is 9.59 Å². The number of aromatic nitrogens is 3. The molecule has 2 N–H and O–H groups in total. The lowest BCUT2D eigenvalue weighted by atomic mass is 10.3. The summed E-state index contributed by atoms with van der Waals surface area (Å²) in [7, 11) is 0. The molecule has 0 radical (unpaired) electrons. The molecule has 4 rings (SSSR count). The van der Waals surface area contributed by atoms with E-state index >= 15 is 0 Å². The summed E-state index contributed by atoms with van der Waals surface area (Å²) in [6.45, 7) is 1.34. The van der Waals surface area contributed by atoms with Crippen LogP contribution in [0.15, 0.2) is 29.1 Å². The summed E-state index contributed by atoms with van der Waals surface area (Å²) in [5.41, 5.74) is 6.15. The first-order valence-corrected chi connectivity index (χ1v) is 9.02. The van der Waals surface area contributed by atoms with Gasteiger partial charge in [0.05, 0.1) is 17.6 Å². The number of thiazole rings is 1. The van der Waals surface area contributed by atoms with Crippen LogP contribution in [-0.2, 0) is 13.1 Å². The van der Waals surface area contributed by atoms with Crippen LogP contribution in [0.5, 0.6) is 0 Å². The highest BCUT2D eigenvalue weighted by Crippen LogP contribution is 2.28. The number of thiophene rings is 1. The van der Waals surface area contributed by atoms with Gasteiger partial charge in [0, 0.05) is 18.5 Å². The van der Waals surface area contributed by atoms with Gasteiger partial charge in [0.15, 0.2) is 0 Å². The third-order valence-electron chi connectivity index (χ3n) is 3.86. The Labute approximate surface area is 145 Å². The lowest BCUT2D eigenvalue weighted by Gasteiger charge is -2.27. The van der Waals surface area contributed by atoms with Gasteiger partial charge < -0.3 is 15.2 Å². The van der Waals surface area contributed by atoms with Crippen LogP contribution >= 0.6 is 22.7 Å². The molecule has 1 aliphatic rings. The van der Waals surface area contributed by atoms with Crippen molar-refractivity contribution in [2.45, 2.75) is 13.1 Å². The Balaban J connectivity index is 1.54. The normalized spacial score (nSPS) is 13.8. The van der Waals surface area contributed by atoms with Gasteiger partial charge in [-0.15, -0.1) is 22.7 Å². The predicted octanol–water partition coefficient (Wildman–Crippen LogP) is 1.82. The minimum absolute atomic E-state index is 0.121. The number of hydrogen-bond donors (Lipinski definition) is 1. The van der Waals surface area contributed by atoms with Gasteiger partial charge in [0.2, 0.25) is 0 Å². The van der Waals surface area contributed by atoms with Crippen molar-refractivity contribution >= 4 is 34.5 Å². The van der Waals surface area contributed by atoms with Crippen LogP contribution in [-0.4, -0.2) is 37.8 Å². The first kappa shape index (κ1) is 15.0. The first-order valence-electron chi connectivity index (χ1n) is 7.26. The van der Waals surface area contributed by atoms with Gasteiger partial charge in [-0.3, -0.25) is 9.59 Å². The summed E-state index contributed by atoms with van der Waals surface area (Å²) in [5, 5.41) is 4.62. The average molecular weight is 359 g/mol. The molecule has 0 bridgehead atoms. The van der Waals surface area contributed by atoms with Crippen molar-refractivity contribution in [1.82, 2.24) is 19.4 Å². The van der Waals surface area contributed by atoms with Gasteiger partial charge >= 0.3 is 0 Å². The van der Waals surface area contributed by atoms with Crippen LogP contribution < -0.4 is 5.73 Å². The summed E-state index contributed by atoms with van der Waals surface area (Å²) < 4.78 is 1.77. The smallest absolute Gasteiger partial charge is 0.273 e. The summed E-state index contributed by atoms with van der Waals surface area (Å²) in [6, 6.07) is 3.95. The molecule has 122 valence electrons. The van der Waals surface area contributed by atoms with Crippen molar-refractivity contribution in [3.05, 3.63) is 46.3 Å². The first-order chi connectivity index (χ1) is 11.6. The predicted molar refractivity (Wildman–Crippen MR) is 90.9 cm³/mol. The standard InChI is InChI=1S/C15H13N5O2S2/c16-13(21)10-6-17-12-7-19(3-4-20(10)12)15(22)9-8-24-14(18-9)11-2-1-5-23-11/h1-2,5-6,8H,3-4,7H2,(H2,16,21). The van der Waals surface area contributed by atoms with E-state index in [4.69, 9.17) is 5.73 Å². The summed E-state index contributed by atoms with van der Waals surface area (Å²) >= 11 is 3.06. The molecular formula is C15H13N5O2S2. The number of carbonyl (C=O) groups excluding carboxylic acids is 2. The number of nitrogens with zero attached hydrogens (tertiary/aromatic N) is 4. The van der Waals surface area contributed by atoms with Crippen LogP contribution in [0.25, 0.3) is 9.88 Å². The Morgan fingerprint density at radius 2 is 2.12 bits per heavy atom. The minimum atomic E-state index is -0.506. The Kier molecular flexibility index (Phi) is 3.66. The molecule has 4 heterocycles. The summed E-state index contributed by atoms with van der Waals surface area (Å²) in [5.74, 6) is 0.0367. The quantitative estimate of drug-likeness (QED) is 0.772. The van der Waals surface area contributed by atoms with E-state index in [1.807, 2.05) is 17.5 Å². The Morgan fingerprint density at radius 1 is 1.25 bits per heavy atom. The van der Waals surface area contributed by atoms with E-state index in [1.54, 1.807) is 26.2 Å². The lowest BCUT2D eigenvalue weighted by Crippen LogP contribution is -2.39. The number of primary amides is 1. The van der Waals surface area contributed by atoms with Crippen LogP contribution in [0, 0.1) is 0 Å². The highest BCUT2D eigenvalue weighted by molar-refractivity contribution is 7.20. The number of rotatable bonds is 3. The summed E-state index contributed by atoms with van der Waals surface area (Å²) in [6.07, 6.45) is 1.46. The van der Waals surface area contributed by atoms with Gasteiger partial charge in [0.1, 0.15) is 22.2 Å². The van der Waals surface area contributed by atoms with Crippen molar-refractivity contribution in [1.29, 1.82) is 0 Å². The molecule has 7 nitrogen and oxygen atoms in total. The molecule has 0 unspecified atom stereocenters. The molecular weight excluding hydrogens is 346 g/mol. The van der Waals surface area contributed by atoms with Gasteiger partial charge in [-0.2, -0.15) is 0 Å². The summed E-state index contributed by atoms with van der Waals surface area (Å²) in [4.78, 5) is 35.4. The van der Waals surface area contributed by atoms with Gasteiger partial charge in [0.25, 0.3) is 11.8 Å². The maximum Gasteiger partial charge on any atom is 0.273 e. The van der Waals surface area contributed by atoms with E-state index in [0.717, 1.165) is 9.88 Å². The van der Waals surface area contributed by atoms with Crippen molar-refractivity contribution in [3.63, 3.8) is 0 Å². The fourth-order valence-electron chi connectivity index (χ4n) is 2.68. The van der Waals surface area contributed by atoms with Crippen LogP contribution in [0.4, 0.5) is 0 Å². The molecule has 0 saturated heterocycles. The minimum Gasteiger partial charge on any atom is -0.364 e. The maximum absolute atomic E-state index is 12.7. The molecule has 3 aromatic heterocycles. The topological polar surface area (TPSA) is 94.1 Å². The molecule has 0 aromatic carbocycles. The Morgan fingerprint density at radius 3 is 2.88 bits per heavy atom. The molecule has 24 heavy (non-hydrogen) atoms. The molecule has 2 amide bonds. The van der Waals surface area contributed by atoms with E-state index in [-0.39, 0.29) is 5.91 Å². The highest BCUT2D eigenvalue weighted by Gasteiger charge is 2.26. The number of fused-ring (bicyclic) bond motifs is 1. The van der Waals surface area contributed by atoms with Crippen molar-refractivity contribution in [2.24, 2.45) is 5.73 Å². The van der Waals surface area contributed by atoms with E-state index in [2.05, 4.69) is 9.97 Å². The molecule has 0 aliphatic carbocycles. The Hall–Kier alpha value is -2.52. The monoisotopic (exact) mass is 359 g/mol. The molecule has 0 saturated carbocycles. The van der Waals surface area contributed by atoms with Gasteiger partial charge in [-0.05, 0) is 11.4 Å². The molecule has 9 heteroatoms. The number of nitrogens with two attached hydrogens (primary N) is 1. The lowest BCUT2D eigenvalue weighted by molar-refractivity contribution is 0.0701. The zero-order chi connectivity index (χ0) is 16.7. The second-order valence-corrected chi connectivity index (χ2v) is 7.12. The van der Waals surface area contributed by atoms with Crippen molar-refractivity contribution in [2.75, 3.05) is 6.54 Å². The SMILES string of the molecule is NC(=O)c1cnc2n1CCN(C(=O)c1csc(-c3cccs3)n1)C2. The molecule has 0 fully saturated rings. The number of carbonyl (C=O) groups is 2. The van der Waals surface area contributed by atoms with E-state index in [0.29, 0.717) is 36.8 Å². The third kappa shape index (κ3) is 2.51. The maximum atomic E-state index is 12.7. The Bertz CT molecular complexity index is 912. The van der Waals surface area contributed by atoms with Gasteiger partial charge in [-0.25, -0.2) is 9.97 Å². The van der Waals surface area contributed by atoms with Crippen LogP contribution in [0.3, 0.4) is 0 Å². The fraction of sp³-hybridized carbons (Fsp3) is 0.200. The molecule has 0 spiro atoms. The van der Waals surface area contributed by atoms with E-state index in [1.165, 1.54) is 17.5 Å². The van der Waals surface area contributed by atoms with Gasteiger partial charge in [-0.1, -0.05) is 6.07 Å². The second kappa shape index (κ2) is 5.84. The number of imidazole rings is 1. The van der Waals surface area contributed by atoms with Crippen molar-refractivity contribution < 1.29 is 9.59 Å². The van der Waals surface area contributed by atoms with Crippen LogP contribution in [0.1, 0.15) is 26.8 Å². The molecule has 3 aromatic rings. The number of hydrogen-bond acceptors (Lipinski definition) is 6. The molecule has 1 aliphatic heterocycles. The third-order valence-corrected chi connectivity index (χ3v) is 5.74. The van der Waals surface area contributed by atoms with Crippen molar-refractivity contribution in [3.8, 4) is 9.88 Å². The second-order valence-electron chi connectivity index (χ2n) is 5.32. The van der Waals surface area contributed by atoms with Crippen LogP contribution in [0.2, 0.25) is 0 Å². The van der Waals surface area contributed by atoms with E-state index < -0.39 is 5.91 Å². The average Bonchev–Trinajstić information content (AvgIpc) is 3.31. The molecule has 0 atom stereocenters. The highest BCUT2D eigenvalue weighted by atomic mass is 32.1. The largest absolute Gasteiger partial charge is 0.364 e. The fourth-order valence-corrected chi connectivity index (χ4v) is 4.29. The zero-order valence-electron chi connectivity index (χ0n) is 12.5.